The number of amides is 1. The Labute approximate surface area is 137 Å². The molecule has 0 radical (unpaired) electrons. The van der Waals surface area contributed by atoms with Gasteiger partial charge < -0.3 is 9.47 Å². The first kappa shape index (κ1) is 14.5. The topological polar surface area (TPSA) is 38.1 Å². The van der Waals surface area contributed by atoms with E-state index in [1.807, 2.05) is 18.5 Å². The maximum absolute atomic E-state index is 13.2. The van der Waals surface area contributed by atoms with Crippen LogP contribution >= 0.6 is 0 Å². The van der Waals surface area contributed by atoms with Gasteiger partial charge in [0.15, 0.2) is 0 Å². The molecule has 1 amide bonds. The average molecular weight is 309 g/mol. The van der Waals surface area contributed by atoms with Gasteiger partial charge in [-0.05, 0) is 18.4 Å². The number of imidazole rings is 1. The summed E-state index contributed by atoms with van der Waals surface area (Å²) in [4.78, 5) is 19.7. The monoisotopic (exact) mass is 309 g/mol. The highest BCUT2D eigenvalue weighted by Crippen LogP contribution is 2.33. The van der Waals surface area contributed by atoms with E-state index in [1.54, 1.807) is 0 Å². The highest BCUT2D eigenvalue weighted by molar-refractivity contribution is 5.79. The van der Waals surface area contributed by atoms with E-state index in [1.165, 1.54) is 24.8 Å². The van der Waals surface area contributed by atoms with Gasteiger partial charge in [0, 0.05) is 24.9 Å². The molecule has 1 aliphatic heterocycles. The number of rotatable bonds is 2. The zero-order valence-corrected chi connectivity index (χ0v) is 13.4. The fraction of sp³-hybridized carbons (Fsp3) is 0.474. The van der Waals surface area contributed by atoms with E-state index in [0.717, 1.165) is 25.2 Å². The number of carbonyl (C=O) groups excluding carboxylic acids is 1. The fourth-order valence-electron chi connectivity index (χ4n) is 3.98. The zero-order valence-electron chi connectivity index (χ0n) is 13.4. The van der Waals surface area contributed by atoms with Crippen LogP contribution in [0.1, 0.15) is 49.5 Å². The average Bonchev–Trinajstić information content (AvgIpc) is 3.09. The van der Waals surface area contributed by atoms with Crippen LogP contribution in [-0.4, -0.2) is 20.4 Å². The van der Waals surface area contributed by atoms with Crippen molar-refractivity contribution in [2.75, 3.05) is 0 Å². The standard InChI is InChI=1S/C19H23N3O/c23-19(16-9-5-2-6-10-16)22-14-18-20-11-12-21(18)13-17(22)15-7-3-1-4-8-15/h1,3-4,7-8,11-12,16-17H,2,5-6,9-10,13-14H2/t17-/m1/s1. The van der Waals surface area contributed by atoms with Gasteiger partial charge in [0.2, 0.25) is 5.91 Å². The third-order valence-corrected chi connectivity index (χ3v) is 5.28. The number of hydrogen-bond donors (Lipinski definition) is 0. The summed E-state index contributed by atoms with van der Waals surface area (Å²) in [5.41, 5.74) is 1.22. The molecule has 0 bridgehead atoms. The third kappa shape index (κ3) is 2.78. The molecule has 0 spiro atoms. The number of aromatic nitrogens is 2. The Kier molecular flexibility index (Phi) is 3.90. The lowest BCUT2D eigenvalue weighted by atomic mass is 9.87. The van der Waals surface area contributed by atoms with E-state index in [4.69, 9.17) is 0 Å². The molecule has 4 rings (SSSR count). The first-order valence-corrected chi connectivity index (χ1v) is 8.68. The minimum Gasteiger partial charge on any atom is -0.331 e. The maximum Gasteiger partial charge on any atom is 0.226 e. The predicted octanol–water partition coefficient (Wildman–Crippen LogP) is 3.55. The summed E-state index contributed by atoms with van der Waals surface area (Å²) < 4.78 is 2.18. The molecule has 120 valence electrons. The first-order chi connectivity index (χ1) is 11.3. The lowest BCUT2D eigenvalue weighted by Crippen LogP contribution is -2.44. The van der Waals surface area contributed by atoms with E-state index >= 15 is 0 Å². The molecule has 4 nitrogen and oxygen atoms in total. The van der Waals surface area contributed by atoms with Crippen LogP contribution in [0.2, 0.25) is 0 Å². The van der Waals surface area contributed by atoms with Gasteiger partial charge in [-0.1, -0.05) is 49.6 Å². The smallest absolute Gasteiger partial charge is 0.226 e. The van der Waals surface area contributed by atoms with Crippen molar-refractivity contribution >= 4 is 5.91 Å². The summed E-state index contributed by atoms with van der Waals surface area (Å²) in [6.45, 7) is 1.43. The molecule has 0 saturated heterocycles. The van der Waals surface area contributed by atoms with Gasteiger partial charge in [-0.25, -0.2) is 4.98 Å². The summed E-state index contributed by atoms with van der Waals surface area (Å²) in [6.07, 6.45) is 9.61. The zero-order chi connectivity index (χ0) is 15.6. The predicted molar refractivity (Wildman–Crippen MR) is 88.5 cm³/mol. The van der Waals surface area contributed by atoms with Gasteiger partial charge in [-0.3, -0.25) is 4.79 Å². The molecular formula is C19H23N3O. The number of fused-ring (bicyclic) bond motifs is 1. The van der Waals surface area contributed by atoms with Crippen LogP contribution in [0, 0.1) is 5.92 Å². The highest BCUT2D eigenvalue weighted by atomic mass is 16.2. The normalized spacial score (nSPS) is 21.9. The Balaban J connectivity index is 1.65. The maximum atomic E-state index is 13.2. The molecule has 1 aromatic carbocycles. The molecule has 4 heteroatoms. The van der Waals surface area contributed by atoms with Crippen molar-refractivity contribution < 1.29 is 4.79 Å². The van der Waals surface area contributed by atoms with Gasteiger partial charge in [0.25, 0.3) is 0 Å². The third-order valence-electron chi connectivity index (χ3n) is 5.28. The van der Waals surface area contributed by atoms with E-state index in [0.29, 0.717) is 12.5 Å². The number of benzene rings is 1. The molecule has 1 aromatic heterocycles. The molecule has 1 saturated carbocycles. The Bertz CT molecular complexity index is 673. The van der Waals surface area contributed by atoms with Crippen molar-refractivity contribution in [3.05, 3.63) is 54.1 Å². The van der Waals surface area contributed by atoms with Gasteiger partial charge >= 0.3 is 0 Å². The van der Waals surface area contributed by atoms with Crippen molar-refractivity contribution in [3.63, 3.8) is 0 Å². The van der Waals surface area contributed by atoms with Crippen LogP contribution in [0.5, 0.6) is 0 Å². The summed E-state index contributed by atoms with van der Waals surface area (Å²) in [5, 5.41) is 0. The van der Waals surface area contributed by atoms with Gasteiger partial charge in [-0.15, -0.1) is 0 Å². The van der Waals surface area contributed by atoms with Crippen LogP contribution in [0.4, 0.5) is 0 Å². The minimum atomic E-state index is 0.118. The molecule has 2 heterocycles. The first-order valence-electron chi connectivity index (χ1n) is 8.68. The van der Waals surface area contributed by atoms with Crippen LogP contribution in [0.3, 0.4) is 0 Å². The summed E-state index contributed by atoms with van der Waals surface area (Å²) in [5.74, 6) is 1.53. The minimum absolute atomic E-state index is 0.118. The van der Waals surface area contributed by atoms with E-state index < -0.39 is 0 Å². The molecule has 1 fully saturated rings. The quantitative estimate of drug-likeness (QED) is 0.851. The number of nitrogens with zero attached hydrogens (tertiary/aromatic N) is 3. The van der Waals surface area contributed by atoms with Crippen LogP contribution in [0.25, 0.3) is 0 Å². The summed E-state index contributed by atoms with van der Waals surface area (Å²) >= 11 is 0. The van der Waals surface area contributed by atoms with Crippen LogP contribution < -0.4 is 0 Å². The van der Waals surface area contributed by atoms with Crippen molar-refractivity contribution in [2.45, 2.75) is 51.2 Å². The van der Waals surface area contributed by atoms with Crippen molar-refractivity contribution in [3.8, 4) is 0 Å². The molecule has 1 aliphatic carbocycles. The SMILES string of the molecule is O=C(C1CCCCC1)N1Cc2nccn2C[C@@H]1c1ccccc1. The van der Waals surface area contributed by atoms with E-state index in [-0.39, 0.29) is 12.0 Å². The molecule has 0 unspecified atom stereocenters. The molecule has 0 N–H and O–H groups in total. The second-order valence-corrected chi connectivity index (χ2v) is 6.72. The van der Waals surface area contributed by atoms with E-state index in [9.17, 15) is 4.79 Å². The van der Waals surface area contributed by atoms with Crippen molar-refractivity contribution in [2.24, 2.45) is 5.92 Å². The van der Waals surface area contributed by atoms with Crippen molar-refractivity contribution in [1.82, 2.24) is 14.5 Å². The Morgan fingerprint density at radius 3 is 2.65 bits per heavy atom. The Hall–Kier alpha value is -2.10. The van der Waals surface area contributed by atoms with Gasteiger partial charge in [-0.2, -0.15) is 0 Å². The molecule has 23 heavy (non-hydrogen) atoms. The highest BCUT2D eigenvalue weighted by Gasteiger charge is 2.35. The van der Waals surface area contributed by atoms with Crippen molar-refractivity contribution in [1.29, 1.82) is 0 Å². The number of carbonyl (C=O) groups is 1. The second kappa shape index (κ2) is 6.19. The van der Waals surface area contributed by atoms with Gasteiger partial charge in [0.05, 0.1) is 12.6 Å². The Morgan fingerprint density at radius 2 is 1.87 bits per heavy atom. The molecule has 1 atom stereocenters. The van der Waals surface area contributed by atoms with Crippen LogP contribution in [0.15, 0.2) is 42.7 Å². The summed E-state index contributed by atoms with van der Waals surface area (Å²) in [7, 11) is 0. The lowest BCUT2D eigenvalue weighted by molar-refractivity contribution is -0.141. The number of hydrogen-bond acceptors (Lipinski definition) is 2. The van der Waals surface area contributed by atoms with E-state index in [2.05, 4.69) is 38.7 Å². The summed E-state index contributed by atoms with van der Waals surface area (Å²) in [6, 6.07) is 10.5. The largest absolute Gasteiger partial charge is 0.331 e. The second-order valence-electron chi connectivity index (χ2n) is 6.72. The fourth-order valence-corrected chi connectivity index (χ4v) is 3.98. The lowest BCUT2D eigenvalue weighted by Gasteiger charge is -2.39. The molecule has 2 aliphatic rings. The van der Waals surface area contributed by atoms with Gasteiger partial charge in [0.1, 0.15) is 5.82 Å². The molecule has 2 aromatic rings. The Morgan fingerprint density at radius 1 is 1.09 bits per heavy atom. The molecular weight excluding hydrogens is 286 g/mol. The van der Waals surface area contributed by atoms with Crippen LogP contribution in [-0.2, 0) is 17.9 Å².